The minimum absolute atomic E-state index is 0.0494. The van der Waals surface area contributed by atoms with Crippen molar-refractivity contribution in [2.75, 3.05) is 0 Å². The van der Waals surface area contributed by atoms with Crippen molar-refractivity contribution in [1.29, 1.82) is 0 Å². The predicted molar refractivity (Wildman–Crippen MR) is 93.6 cm³/mol. The Bertz CT molecular complexity index is 996. The van der Waals surface area contributed by atoms with E-state index in [0.717, 1.165) is 0 Å². The Kier molecular flexibility index (Phi) is 5.18. The Morgan fingerprint density at radius 3 is 2.38 bits per heavy atom. The van der Waals surface area contributed by atoms with Gasteiger partial charge in [-0.3, -0.25) is 4.79 Å². The lowest BCUT2D eigenvalue weighted by Crippen LogP contribution is -2.23. The van der Waals surface area contributed by atoms with E-state index in [2.05, 4.69) is 5.32 Å². The van der Waals surface area contributed by atoms with Crippen LogP contribution in [0.5, 0.6) is 0 Å². The van der Waals surface area contributed by atoms with Crippen LogP contribution in [0.25, 0.3) is 0 Å². The van der Waals surface area contributed by atoms with E-state index in [1.54, 1.807) is 30.3 Å². The molecule has 0 bridgehead atoms. The molecular formula is C19H16FNO4S. The first-order valence-corrected chi connectivity index (χ1v) is 9.48. The molecule has 1 N–H and O–H groups in total. The van der Waals surface area contributed by atoms with Crippen LogP contribution in [-0.4, -0.2) is 14.3 Å². The van der Waals surface area contributed by atoms with Crippen molar-refractivity contribution in [3.05, 3.63) is 89.6 Å². The SMILES string of the molecule is O=C(NCc1ccc(F)cc1)c1occc1CS(=O)(=O)c1ccccc1. The lowest BCUT2D eigenvalue weighted by atomic mass is 10.2. The number of carbonyl (C=O) groups is 1. The molecule has 26 heavy (non-hydrogen) atoms. The molecule has 1 aromatic heterocycles. The van der Waals surface area contributed by atoms with Gasteiger partial charge in [-0.2, -0.15) is 0 Å². The molecule has 0 aliphatic heterocycles. The van der Waals surface area contributed by atoms with E-state index in [-0.39, 0.29) is 34.3 Å². The monoisotopic (exact) mass is 373 g/mol. The Hall–Kier alpha value is -2.93. The molecule has 2 aromatic carbocycles. The van der Waals surface area contributed by atoms with Crippen molar-refractivity contribution < 1.29 is 22.0 Å². The van der Waals surface area contributed by atoms with Crippen LogP contribution in [-0.2, 0) is 22.1 Å². The third kappa shape index (κ3) is 4.18. The Morgan fingerprint density at radius 2 is 1.69 bits per heavy atom. The highest BCUT2D eigenvalue weighted by molar-refractivity contribution is 7.90. The van der Waals surface area contributed by atoms with E-state index >= 15 is 0 Å². The quantitative estimate of drug-likeness (QED) is 0.719. The summed E-state index contributed by atoms with van der Waals surface area (Å²) in [6, 6.07) is 15.2. The van der Waals surface area contributed by atoms with Crippen LogP contribution in [0.4, 0.5) is 4.39 Å². The Morgan fingerprint density at radius 1 is 1.00 bits per heavy atom. The zero-order valence-electron chi connectivity index (χ0n) is 13.7. The minimum Gasteiger partial charge on any atom is -0.459 e. The van der Waals surface area contributed by atoms with Gasteiger partial charge in [0.25, 0.3) is 5.91 Å². The summed E-state index contributed by atoms with van der Waals surface area (Å²) < 4.78 is 43.0. The molecule has 0 aliphatic rings. The summed E-state index contributed by atoms with van der Waals surface area (Å²) in [6.45, 7) is 0.171. The third-order valence-electron chi connectivity index (χ3n) is 3.77. The maximum atomic E-state index is 12.9. The number of carbonyl (C=O) groups excluding carboxylic acids is 1. The van der Waals surface area contributed by atoms with Gasteiger partial charge in [-0.15, -0.1) is 0 Å². The summed E-state index contributed by atoms with van der Waals surface area (Å²) in [5, 5.41) is 2.64. The molecule has 0 fully saturated rings. The van der Waals surface area contributed by atoms with Gasteiger partial charge < -0.3 is 9.73 Å². The molecule has 0 spiro atoms. The summed E-state index contributed by atoms with van der Waals surface area (Å²) >= 11 is 0. The summed E-state index contributed by atoms with van der Waals surface area (Å²) in [5.74, 6) is -1.28. The number of benzene rings is 2. The van der Waals surface area contributed by atoms with Crippen LogP contribution in [0.3, 0.4) is 0 Å². The topological polar surface area (TPSA) is 76.4 Å². The third-order valence-corrected chi connectivity index (χ3v) is 5.45. The van der Waals surface area contributed by atoms with Gasteiger partial charge in [-0.05, 0) is 35.9 Å². The van der Waals surface area contributed by atoms with Crippen molar-refractivity contribution in [2.24, 2.45) is 0 Å². The fraction of sp³-hybridized carbons (Fsp3) is 0.105. The summed E-state index contributed by atoms with van der Waals surface area (Å²) in [7, 11) is -3.59. The van der Waals surface area contributed by atoms with Crippen LogP contribution >= 0.6 is 0 Å². The Balaban J connectivity index is 1.71. The van der Waals surface area contributed by atoms with Gasteiger partial charge in [-0.1, -0.05) is 30.3 Å². The zero-order valence-corrected chi connectivity index (χ0v) is 14.5. The zero-order chi connectivity index (χ0) is 18.6. The van der Waals surface area contributed by atoms with E-state index < -0.39 is 15.7 Å². The van der Waals surface area contributed by atoms with Gasteiger partial charge >= 0.3 is 0 Å². The van der Waals surface area contributed by atoms with Crippen LogP contribution in [0.1, 0.15) is 21.7 Å². The molecule has 0 saturated heterocycles. The number of furan rings is 1. The summed E-state index contributed by atoms with van der Waals surface area (Å²) in [5.41, 5.74) is 0.996. The highest BCUT2D eigenvalue weighted by Crippen LogP contribution is 2.20. The fourth-order valence-corrected chi connectivity index (χ4v) is 3.80. The molecule has 0 unspecified atom stereocenters. The minimum atomic E-state index is -3.59. The largest absolute Gasteiger partial charge is 0.459 e. The molecule has 5 nitrogen and oxygen atoms in total. The van der Waals surface area contributed by atoms with Crippen LogP contribution in [0.2, 0.25) is 0 Å². The van der Waals surface area contributed by atoms with Crippen LogP contribution in [0, 0.1) is 5.82 Å². The van der Waals surface area contributed by atoms with Crippen LogP contribution in [0.15, 0.2) is 76.2 Å². The van der Waals surface area contributed by atoms with Gasteiger partial charge in [-0.25, -0.2) is 12.8 Å². The van der Waals surface area contributed by atoms with E-state index in [1.807, 2.05) is 0 Å². The summed E-state index contributed by atoms with van der Waals surface area (Å²) in [6.07, 6.45) is 1.28. The second-order valence-electron chi connectivity index (χ2n) is 5.66. The van der Waals surface area contributed by atoms with Crippen LogP contribution < -0.4 is 5.32 Å². The molecular weight excluding hydrogens is 357 g/mol. The first kappa shape index (κ1) is 17.9. The van der Waals surface area contributed by atoms with Gasteiger partial charge in [0, 0.05) is 12.1 Å². The molecule has 1 amide bonds. The van der Waals surface area contributed by atoms with Crippen molar-refractivity contribution in [1.82, 2.24) is 5.32 Å². The number of amides is 1. The van der Waals surface area contributed by atoms with E-state index in [0.29, 0.717) is 5.56 Å². The molecule has 0 aliphatic carbocycles. The number of halogens is 1. The van der Waals surface area contributed by atoms with E-state index in [1.165, 1.54) is 36.6 Å². The van der Waals surface area contributed by atoms with Gasteiger partial charge in [0.05, 0.1) is 16.9 Å². The fourth-order valence-electron chi connectivity index (χ4n) is 2.43. The number of nitrogens with one attached hydrogen (secondary N) is 1. The average molecular weight is 373 g/mol. The molecule has 3 rings (SSSR count). The molecule has 7 heteroatoms. The molecule has 0 radical (unpaired) electrons. The van der Waals surface area contributed by atoms with Gasteiger partial charge in [0.1, 0.15) is 5.82 Å². The van der Waals surface area contributed by atoms with Crippen molar-refractivity contribution in [3.63, 3.8) is 0 Å². The highest BCUT2D eigenvalue weighted by atomic mass is 32.2. The number of hydrogen-bond donors (Lipinski definition) is 1. The molecule has 0 saturated carbocycles. The smallest absolute Gasteiger partial charge is 0.287 e. The maximum Gasteiger partial charge on any atom is 0.287 e. The second kappa shape index (κ2) is 7.53. The number of rotatable bonds is 6. The molecule has 0 atom stereocenters. The molecule has 1 heterocycles. The predicted octanol–water partition coefficient (Wildman–Crippen LogP) is 3.32. The lowest BCUT2D eigenvalue weighted by Gasteiger charge is -2.07. The number of hydrogen-bond acceptors (Lipinski definition) is 4. The van der Waals surface area contributed by atoms with Crippen molar-refractivity contribution in [2.45, 2.75) is 17.2 Å². The van der Waals surface area contributed by atoms with Gasteiger partial charge in [0.15, 0.2) is 15.6 Å². The first-order valence-electron chi connectivity index (χ1n) is 7.82. The van der Waals surface area contributed by atoms with Crippen molar-refractivity contribution >= 4 is 15.7 Å². The Labute approximate surface area is 150 Å². The first-order chi connectivity index (χ1) is 12.5. The number of sulfone groups is 1. The highest BCUT2D eigenvalue weighted by Gasteiger charge is 2.22. The van der Waals surface area contributed by atoms with E-state index in [9.17, 15) is 17.6 Å². The average Bonchev–Trinajstić information content (AvgIpc) is 3.09. The second-order valence-corrected chi connectivity index (χ2v) is 7.65. The van der Waals surface area contributed by atoms with E-state index in [4.69, 9.17) is 4.42 Å². The summed E-state index contributed by atoms with van der Waals surface area (Å²) in [4.78, 5) is 12.5. The molecule has 3 aromatic rings. The molecule has 134 valence electrons. The van der Waals surface area contributed by atoms with Crippen molar-refractivity contribution in [3.8, 4) is 0 Å². The lowest BCUT2D eigenvalue weighted by molar-refractivity contribution is 0.0922. The normalized spacial score (nSPS) is 11.3. The standard InChI is InChI=1S/C19H16FNO4S/c20-16-8-6-14(7-9-16)12-21-19(22)18-15(10-11-25-18)13-26(23,24)17-4-2-1-3-5-17/h1-11H,12-13H2,(H,21,22). The van der Waals surface area contributed by atoms with Gasteiger partial charge in [0.2, 0.25) is 0 Å². The maximum absolute atomic E-state index is 12.9.